The summed E-state index contributed by atoms with van der Waals surface area (Å²) in [6, 6.07) is 3.88. The summed E-state index contributed by atoms with van der Waals surface area (Å²) < 4.78 is 0. The Kier molecular flexibility index (Phi) is 5.81. The van der Waals surface area contributed by atoms with Gasteiger partial charge in [0.1, 0.15) is 5.75 Å². The van der Waals surface area contributed by atoms with Gasteiger partial charge in [-0.25, -0.2) is 0 Å². The van der Waals surface area contributed by atoms with E-state index in [0.717, 1.165) is 0 Å². The molecule has 0 aliphatic rings. The van der Waals surface area contributed by atoms with E-state index in [0.29, 0.717) is 12.0 Å². The molecule has 6 N–H and O–H groups in total. The van der Waals surface area contributed by atoms with Gasteiger partial charge < -0.3 is 21.7 Å². The molecule has 16 heavy (non-hydrogen) atoms. The second-order valence-electron chi connectivity index (χ2n) is 3.35. The first-order valence-corrected chi connectivity index (χ1v) is 4.52. The summed E-state index contributed by atoms with van der Waals surface area (Å²) in [5.41, 5.74) is 11.6. The molecule has 0 aromatic heterocycles. The van der Waals surface area contributed by atoms with E-state index in [4.69, 9.17) is 16.6 Å². The molecular weight excluding hydrogens is 232 g/mol. The van der Waals surface area contributed by atoms with Crippen molar-refractivity contribution in [2.45, 2.75) is 12.5 Å². The molecule has 0 saturated carbocycles. The Morgan fingerprint density at radius 1 is 1.44 bits per heavy atom. The van der Waals surface area contributed by atoms with Crippen LogP contribution in [0, 0.1) is 0 Å². The molecule has 1 amide bonds. The lowest BCUT2D eigenvalue weighted by Crippen LogP contribution is -2.28. The van der Waals surface area contributed by atoms with Gasteiger partial charge in [0.05, 0.1) is 6.61 Å². The van der Waals surface area contributed by atoms with Crippen LogP contribution in [0.4, 0.5) is 0 Å². The number of carbonyl (C=O) groups is 1. The Hall–Kier alpha value is -1.30. The number of benzene rings is 1. The number of aromatic hydroxyl groups is 1. The van der Waals surface area contributed by atoms with Crippen LogP contribution >= 0.6 is 12.4 Å². The number of hydrogen-bond acceptors (Lipinski definition) is 4. The number of primary amides is 1. The van der Waals surface area contributed by atoms with Crippen LogP contribution in [0.2, 0.25) is 0 Å². The van der Waals surface area contributed by atoms with Crippen LogP contribution in [0.15, 0.2) is 18.2 Å². The smallest absolute Gasteiger partial charge is 0.249 e. The lowest BCUT2D eigenvalue weighted by Gasteiger charge is -2.11. The Morgan fingerprint density at radius 2 is 2.06 bits per heavy atom. The first kappa shape index (κ1) is 14.7. The number of aliphatic hydroxyl groups is 1. The molecule has 5 nitrogen and oxygen atoms in total. The van der Waals surface area contributed by atoms with Crippen molar-refractivity contribution in [1.29, 1.82) is 0 Å². The highest BCUT2D eigenvalue weighted by Gasteiger charge is 2.11. The van der Waals surface area contributed by atoms with Crippen molar-refractivity contribution in [1.82, 2.24) is 0 Å². The molecule has 90 valence electrons. The van der Waals surface area contributed by atoms with Crippen molar-refractivity contribution >= 4 is 18.3 Å². The number of phenolic OH excluding ortho intramolecular Hbond substituents is 1. The molecule has 1 aromatic rings. The zero-order valence-electron chi connectivity index (χ0n) is 8.59. The van der Waals surface area contributed by atoms with E-state index in [1.165, 1.54) is 12.1 Å². The summed E-state index contributed by atoms with van der Waals surface area (Å²) in [6.07, 6.45) is 0.342. The standard InChI is InChI=1S/C10H14N2O3.ClH/c11-7(5-13)3-6-1-2-8(14)4-9(6)10(12)15;/h1-2,4,7,13-14H,3,5,11H2,(H2,12,15);1H/t7-;/m1./s1. The number of aliphatic hydroxyl groups excluding tert-OH is 1. The summed E-state index contributed by atoms with van der Waals surface area (Å²) in [4.78, 5) is 11.1. The average Bonchev–Trinajstić information content (AvgIpc) is 2.20. The molecule has 1 aromatic carbocycles. The molecule has 0 spiro atoms. The predicted molar refractivity (Wildman–Crippen MR) is 62.6 cm³/mol. The number of phenols is 1. The van der Waals surface area contributed by atoms with E-state index in [2.05, 4.69) is 0 Å². The van der Waals surface area contributed by atoms with Crippen LogP contribution in [0.25, 0.3) is 0 Å². The van der Waals surface area contributed by atoms with Crippen LogP contribution < -0.4 is 11.5 Å². The normalized spacial score (nSPS) is 11.6. The van der Waals surface area contributed by atoms with Gasteiger partial charge in [-0.1, -0.05) is 6.07 Å². The van der Waals surface area contributed by atoms with Gasteiger partial charge in [-0.15, -0.1) is 12.4 Å². The predicted octanol–water partition coefficient (Wildman–Crippen LogP) is -0.225. The zero-order valence-corrected chi connectivity index (χ0v) is 9.41. The summed E-state index contributed by atoms with van der Waals surface area (Å²) in [7, 11) is 0. The SMILES string of the molecule is Cl.NC(=O)c1cc(O)ccc1C[C@@H](N)CO. The monoisotopic (exact) mass is 246 g/mol. The van der Waals surface area contributed by atoms with Crippen molar-refractivity contribution in [2.75, 3.05) is 6.61 Å². The molecule has 0 saturated heterocycles. The summed E-state index contributed by atoms with van der Waals surface area (Å²) >= 11 is 0. The minimum Gasteiger partial charge on any atom is -0.508 e. The molecule has 0 heterocycles. The highest BCUT2D eigenvalue weighted by molar-refractivity contribution is 5.94. The third-order valence-electron chi connectivity index (χ3n) is 2.08. The fraction of sp³-hybridized carbons (Fsp3) is 0.300. The Bertz CT molecular complexity index is 371. The van der Waals surface area contributed by atoms with E-state index in [9.17, 15) is 9.90 Å². The maximum atomic E-state index is 11.1. The van der Waals surface area contributed by atoms with E-state index in [1.54, 1.807) is 6.07 Å². The van der Waals surface area contributed by atoms with E-state index < -0.39 is 11.9 Å². The number of hydrogen-bond donors (Lipinski definition) is 4. The largest absolute Gasteiger partial charge is 0.508 e. The van der Waals surface area contributed by atoms with Crippen molar-refractivity contribution < 1.29 is 15.0 Å². The van der Waals surface area contributed by atoms with Gasteiger partial charge in [0, 0.05) is 11.6 Å². The van der Waals surface area contributed by atoms with Crippen LogP contribution in [0.1, 0.15) is 15.9 Å². The van der Waals surface area contributed by atoms with Gasteiger partial charge in [0.25, 0.3) is 0 Å². The molecule has 1 atom stereocenters. The van der Waals surface area contributed by atoms with Gasteiger partial charge in [-0.05, 0) is 24.1 Å². The number of nitrogens with two attached hydrogens (primary N) is 2. The molecule has 0 unspecified atom stereocenters. The van der Waals surface area contributed by atoms with Crippen molar-refractivity contribution in [3.05, 3.63) is 29.3 Å². The summed E-state index contributed by atoms with van der Waals surface area (Å²) in [5, 5.41) is 18.0. The Balaban J connectivity index is 0.00000225. The third-order valence-corrected chi connectivity index (χ3v) is 2.08. The first-order chi connectivity index (χ1) is 7.04. The zero-order chi connectivity index (χ0) is 11.4. The van der Waals surface area contributed by atoms with E-state index in [1.807, 2.05) is 0 Å². The van der Waals surface area contributed by atoms with E-state index >= 15 is 0 Å². The lowest BCUT2D eigenvalue weighted by atomic mass is 10.00. The summed E-state index contributed by atoms with van der Waals surface area (Å²) in [5.74, 6) is -0.642. The molecule has 6 heteroatoms. The highest BCUT2D eigenvalue weighted by atomic mass is 35.5. The topological polar surface area (TPSA) is 110 Å². The van der Waals surface area contributed by atoms with Crippen LogP contribution in [0.5, 0.6) is 5.75 Å². The second-order valence-corrected chi connectivity index (χ2v) is 3.35. The minimum atomic E-state index is -0.619. The Labute approximate surface area is 99.5 Å². The van der Waals surface area contributed by atoms with Gasteiger partial charge in [-0.2, -0.15) is 0 Å². The molecule has 1 rings (SSSR count). The van der Waals surface area contributed by atoms with Crippen LogP contribution in [0.3, 0.4) is 0 Å². The van der Waals surface area contributed by atoms with Crippen molar-refractivity contribution in [2.24, 2.45) is 11.5 Å². The number of amides is 1. The molecule has 0 aliphatic heterocycles. The fourth-order valence-electron chi connectivity index (χ4n) is 1.32. The maximum absolute atomic E-state index is 11.1. The number of rotatable bonds is 4. The molecular formula is C10H15ClN2O3. The van der Waals surface area contributed by atoms with Crippen LogP contribution in [-0.4, -0.2) is 28.8 Å². The van der Waals surface area contributed by atoms with E-state index in [-0.39, 0.29) is 30.3 Å². The van der Waals surface area contributed by atoms with Gasteiger partial charge in [0.15, 0.2) is 0 Å². The second kappa shape index (κ2) is 6.32. The molecule has 0 aliphatic carbocycles. The van der Waals surface area contributed by atoms with Gasteiger partial charge in [-0.3, -0.25) is 4.79 Å². The van der Waals surface area contributed by atoms with Crippen LogP contribution in [-0.2, 0) is 6.42 Å². The fourth-order valence-corrected chi connectivity index (χ4v) is 1.32. The molecule has 0 fully saturated rings. The summed E-state index contributed by atoms with van der Waals surface area (Å²) in [6.45, 7) is -0.168. The third kappa shape index (κ3) is 3.69. The van der Waals surface area contributed by atoms with Gasteiger partial charge >= 0.3 is 0 Å². The molecule has 0 bridgehead atoms. The average molecular weight is 247 g/mol. The Morgan fingerprint density at radius 3 is 2.56 bits per heavy atom. The quantitative estimate of drug-likeness (QED) is 0.589. The maximum Gasteiger partial charge on any atom is 0.249 e. The highest BCUT2D eigenvalue weighted by Crippen LogP contribution is 2.17. The minimum absolute atomic E-state index is 0. The van der Waals surface area contributed by atoms with Gasteiger partial charge in [0.2, 0.25) is 5.91 Å². The molecule has 0 radical (unpaired) electrons. The number of carbonyl (C=O) groups excluding carboxylic acids is 1. The lowest BCUT2D eigenvalue weighted by molar-refractivity contribution is 0.0998. The number of halogens is 1. The van der Waals surface area contributed by atoms with Crippen molar-refractivity contribution in [3.8, 4) is 5.75 Å². The first-order valence-electron chi connectivity index (χ1n) is 4.52. The van der Waals surface area contributed by atoms with Crippen molar-refractivity contribution in [3.63, 3.8) is 0 Å².